The molecule has 5 heteroatoms. The number of aromatic nitrogens is 4. The molecule has 17 heavy (non-hydrogen) atoms. The van der Waals surface area contributed by atoms with Crippen molar-refractivity contribution < 1.29 is 0 Å². The third-order valence-electron chi connectivity index (χ3n) is 4.52. The zero-order valence-electron chi connectivity index (χ0n) is 9.53. The van der Waals surface area contributed by atoms with Gasteiger partial charge in [0, 0.05) is 24.2 Å². The smallest absolute Gasteiger partial charge is 0.163 e. The second-order valence-corrected chi connectivity index (χ2v) is 5.30. The standard InChI is InChI=1S/C12H15N5/c13-11-8-2-1-7(5-8)10(11)12-16-15-9-3-4-14-6-17(9)12/h3-4,6-8,10-11H,1-2,5,13H2. The van der Waals surface area contributed by atoms with Gasteiger partial charge in [-0.1, -0.05) is 0 Å². The van der Waals surface area contributed by atoms with Crippen LogP contribution in [0, 0.1) is 11.8 Å². The van der Waals surface area contributed by atoms with E-state index >= 15 is 0 Å². The van der Waals surface area contributed by atoms with E-state index in [0.717, 1.165) is 11.5 Å². The predicted octanol–water partition coefficient (Wildman–Crippen LogP) is 0.965. The molecule has 2 saturated carbocycles. The molecule has 0 amide bonds. The van der Waals surface area contributed by atoms with Crippen molar-refractivity contribution in [1.29, 1.82) is 0 Å². The van der Waals surface area contributed by atoms with Gasteiger partial charge < -0.3 is 5.73 Å². The summed E-state index contributed by atoms with van der Waals surface area (Å²) in [5, 5.41) is 8.54. The van der Waals surface area contributed by atoms with Crippen LogP contribution in [0.2, 0.25) is 0 Å². The van der Waals surface area contributed by atoms with Crippen molar-refractivity contribution in [2.45, 2.75) is 31.2 Å². The van der Waals surface area contributed by atoms with Crippen LogP contribution in [-0.4, -0.2) is 25.6 Å². The molecule has 2 bridgehead atoms. The van der Waals surface area contributed by atoms with Crippen LogP contribution in [0.1, 0.15) is 31.0 Å². The Morgan fingerprint density at radius 1 is 1.24 bits per heavy atom. The van der Waals surface area contributed by atoms with E-state index < -0.39 is 0 Å². The minimum Gasteiger partial charge on any atom is -0.327 e. The summed E-state index contributed by atoms with van der Waals surface area (Å²) in [7, 11) is 0. The Kier molecular flexibility index (Phi) is 1.83. The van der Waals surface area contributed by atoms with Crippen molar-refractivity contribution in [2.24, 2.45) is 17.6 Å². The molecule has 2 fully saturated rings. The summed E-state index contributed by atoms with van der Waals surface area (Å²) in [4.78, 5) is 4.15. The van der Waals surface area contributed by atoms with E-state index in [-0.39, 0.29) is 6.04 Å². The van der Waals surface area contributed by atoms with Crippen LogP contribution in [-0.2, 0) is 0 Å². The molecule has 0 aliphatic heterocycles. The van der Waals surface area contributed by atoms with Crippen LogP contribution < -0.4 is 5.73 Å². The zero-order valence-corrected chi connectivity index (χ0v) is 9.53. The molecule has 4 rings (SSSR count). The van der Waals surface area contributed by atoms with Gasteiger partial charge in [0.1, 0.15) is 12.2 Å². The molecule has 0 radical (unpaired) electrons. The molecular formula is C12H15N5. The summed E-state index contributed by atoms with van der Waals surface area (Å²) in [5.74, 6) is 2.76. The largest absolute Gasteiger partial charge is 0.327 e. The summed E-state index contributed by atoms with van der Waals surface area (Å²) in [6.07, 6.45) is 7.38. The number of rotatable bonds is 1. The first-order valence-corrected chi connectivity index (χ1v) is 6.25. The average Bonchev–Trinajstić information content (AvgIpc) is 3.02. The second kappa shape index (κ2) is 3.26. The Bertz CT molecular complexity index is 561. The van der Waals surface area contributed by atoms with Crippen LogP contribution >= 0.6 is 0 Å². The summed E-state index contributed by atoms with van der Waals surface area (Å²) >= 11 is 0. The predicted molar refractivity (Wildman–Crippen MR) is 62.3 cm³/mol. The summed E-state index contributed by atoms with van der Waals surface area (Å²) in [6.45, 7) is 0. The highest BCUT2D eigenvalue weighted by Crippen LogP contribution is 2.51. The number of nitrogens with zero attached hydrogens (tertiary/aromatic N) is 4. The minimum atomic E-state index is 0.251. The number of hydrogen-bond donors (Lipinski definition) is 1. The van der Waals surface area contributed by atoms with Gasteiger partial charge in [-0.3, -0.25) is 4.40 Å². The summed E-state index contributed by atoms with van der Waals surface area (Å²) in [6, 6.07) is 2.14. The Balaban J connectivity index is 1.84. The van der Waals surface area contributed by atoms with Gasteiger partial charge in [0.05, 0.1) is 0 Å². The second-order valence-electron chi connectivity index (χ2n) is 5.30. The van der Waals surface area contributed by atoms with Gasteiger partial charge in [-0.25, -0.2) is 4.98 Å². The van der Waals surface area contributed by atoms with Crippen molar-refractivity contribution in [2.75, 3.05) is 0 Å². The van der Waals surface area contributed by atoms with Gasteiger partial charge in [0.2, 0.25) is 0 Å². The third-order valence-corrected chi connectivity index (χ3v) is 4.52. The van der Waals surface area contributed by atoms with Gasteiger partial charge in [-0.15, -0.1) is 10.2 Å². The molecule has 0 aromatic carbocycles. The molecule has 0 saturated heterocycles. The Hall–Kier alpha value is -1.49. The first-order chi connectivity index (χ1) is 8.34. The van der Waals surface area contributed by atoms with Crippen LogP contribution in [0.3, 0.4) is 0 Å². The van der Waals surface area contributed by atoms with Crippen molar-refractivity contribution >= 4 is 5.65 Å². The van der Waals surface area contributed by atoms with E-state index in [1.54, 1.807) is 12.5 Å². The monoisotopic (exact) mass is 229 g/mol. The highest BCUT2D eigenvalue weighted by atomic mass is 15.3. The maximum Gasteiger partial charge on any atom is 0.163 e. The van der Waals surface area contributed by atoms with Gasteiger partial charge in [0.15, 0.2) is 5.65 Å². The Morgan fingerprint density at radius 3 is 2.94 bits per heavy atom. The van der Waals surface area contributed by atoms with E-state index in [1.807, 2.05) is 10.5 Å². The minimum absolute atomic E-state index is 0.251. The first-order valence-electron chi connectivity index (χ1n) is 6.25. The van der Waals surface area contributed by atoms with Crippen LogP contribution in [0.15, 0.2) is 18.6 Å². The molecule has 2 aliphatic rings. The lowest BCUT2D eigenvalue weighted by atomic mass is 9.84. The molecule has 2 heterocycles. The molecule has 4 atom stereocenters. The number of hydrogen-bond acceptors (Lipinski definition) is 4. The molecule has 2 N–H and O–H groups in total. The highest BCUT2D eigenvalue weighted by Gasteiger charge is 2.48. The normalized spacial score (nSPS) is 35.8. The molecule has 2 aromatic heterocycles. The molecule has 2 aromatic rings. The van der Waals surface area contributed by atoms with Crippen LogP contribution in [0.4, 0.5) is 0 Å². The van der Waals surface area contributed by atoms with Gasteiger partial charge in [-0.05, 0) is 31.1 Å². The molecule has 2 aliphatic carbocycles. The number of nitrogens with two attached hydrogens (primary N) is 1. The Labute approximate surface area is 99.1 Å². The highest BCUT2D eigenvalue weighted by molar-refractivity contribution is 5.36. The molecular weight excluding hydrogens is 214 g/mol. The lowest BCUT2D eigenvalue weighted by molar-refractivity contribution is 0.352. The summed E-state index contributed by atoms with van der Waals surface area (Å²) < 4.78 is 1.99. The van der Waals surface area contributed by atoms with E-state index in [0.29, 0.717) is 17.8 Å². The van der Waals surface area contributed by atoms with Crippen LogP contribution in [0.5, 0.6) is 0 Å². The van der Waals surface area contributed by atoms with E-state index in [4.69, 9.17) is 5.73 Å². The maximum atomic E-state index is 6.34. The van der Waals surface area contributed by atoms with Crippen molar-refractivity contribution in [3.8, 4) is 0 Å². The fourth-order valence-corrected chi connectivity index (χ4v) is 3.71. The zero-order chi connectivity index (χ0) is 11.4. The fraction of sp³-hybridized carbons (Fsp3) is 0.583. The average molecular weight is 229 g/mol. The van der Waals surface area contributed by atoms with E-state index in [1.165, 1.54) is 19.3 Å². The molecule has 0 spiro atoms. The quantitative estimate of drug-likeness (QED) is 0.791. The van der Waals surface area contributed by atoms with Gasteiger partial charge in [0.25, 0.3) is 0 Å². The SMILES string of the molecule is NC1C2CCC(C2)C1c1nnc2ccncn12. The van der Waals surface area contributed by atoms with Crippen molar-refractivity contribution in [1.82, 2.24) is 19.6 Å². The van der Waals surface area contributed by atoms with E-state index in [2.05, 4.69) is 15.2 Å². The number of fused-ring (bicyclic) bond motifs is 3. The lowest BCUT2D eigenvalue weighted by Gasteiger charge is -2.26. The molecule has 88 valence electrons. The van der Waals surface area contributed by atoms with Crippen LogP contribution in [0.25, 0.3) is 5.65 Å². The van der Waals surface area contributed by atoms with Gasteiger partial charge >= 0.3 is 0 Å². The first kappa shape index (κ1) is 9.53. The van der Waals surface area contributed by atoms with Crippen molar-refractivity contribution in [3.63, 3.8) is 0 Å². The summed E-state index contributed by atoms with van der Waals surface area (Å²) in [5.41, 5.74) is 7.21. The van der Waals surface area contributed by atoms with E-state index in [9.17, 15) is 0 Å². The van der Waals surface area contributed by atoms with Gasteiger partial charge in [-0.2, -0.15) is 0 Å². The molecule has 4 unspecified atom stereocenters. The lowest BCUT2D eigenvalue weighted by Crippen LogP contribution is -2.35. The van der Waals surface area contributed by atoms with Crippen molar-refractivity contribution in [3.05, 3.63) is 24.4 Å². The fourth-order valence-electron chi connectivity index (χ4n) is 3.71. The topological polar surface area (TPSA) is 69.1 Å². The Morgan fingerprint density at radius 2 is 2.12 bits per heavy atom. The maximum absolute atomic E-state index is 6.34. The molecule has 5 nitrogen and oxygen atoms in total. The third kappa shape index (κ3) is 1.20.